The first-order valence-corrected chi connectivity index (χ1v) is 16.1. The van der Waals surface area contributed by atoms with E-state index in [0.717, 1.165) is 56.0 Å². The molecule has 1 atom stereocenters. The fourth-order valence-electron chi connectivity index (χ4n) is 7.43. The number of unbranched alkanes of at least 4 members (excludes halogenated alkanes) is 2. The highest BCUT2D eigenvalue weighted by Crippen LogP contribution is 2.54. The van der Waals surface area contributed by atoms with Crippen molar-refractivity contribution < 1.29 is 14.3 Å². The normalized spacial score (nSPS) is 21.4. The van der Waals surface area contributed by atoms with Gasteiger partial charge in [0.25, 0.3) is 0 Å². The van der Waals surface area contributed by atoms with Gasteiger partial charge in [-0.25, -0.2) is 0 Å². The van der Waals surface area contributed by atoms with Crippen molar-refractivity contribution in [3.8, 4) is 11.5 Å². The maximum absolute atomic E-state index is 13.2. The number of nitrogens with zero attached hydrogens (tertiary/aromatic N) is 2. The van der Waals surface area contributed by atoms with Crippen molar-refractivity contribution in [2.45, 2.75) is 117 Å². The molecule has 1 aromatic rings. The van der Waals surface area contributed by atoms with Gasteiger partial charge in [-0.3, -0.25) is 4.79 Å². The molecular weight excluding hydrogens is 484 g/mol. The van der Waals surface area contributed by atoms with Crippen LogP contribution in [0.3, 0.4) is 0 Å². The van der Waals surface area contributed by atoms with Gasteiger partial charge in [-0.05, 0) is 114 Å². The average Bonchev–Trinajstić information content (AvgIpc) is 2.92. The molecule has 0 aliphatic carbocycles. The number of likely N-dealkylation sites (tertiary alicyclic amines) is 1. The molecule has 0 radical (unpaired) electrons. The zero-order chi connectivity index (χ0) is 27.4. The molecule has 1 unspecified atom stereocenters. The number of benzene rings is 1. The highest BCUT2D eigenvalue weighted by Gasteiger charge is 2.46. The Balaban J connectivity index is 1.37. The van der Waals surface area contributed by atoms with E-state index >= 15 is 0 Å². The van der Waals surface area contributed by atoms with Crippen molar-refractivity contribution >= 4 is 11.5 Å². The summed E-state index contributed by atoms with van der Waals surface area (Å²) in [5.41, 5.74) is 4.62. The molecule has 6 rings (SSSR count). The summed E-state index contributed by atoms with van der Waals surface area (Å²) < 4.78 is 13.0. The molecule has 5 aliphatic rings. The van der Waals surface area contributed by atoms with Gasteiger partial charge in [-0.2, -0.15) is 0 Å². The number of hydrogen-bond donors (Lipinski definition) is 0. The van der Waals surface area contributed by atoms with Crippen molar-refractivity contribution in [1.82, 2.24) is 9.80 Å². The van der Waals surface area contributed by atoms with E-state index in [1.807, 2.05) is 0 Å². The van der Waals surface area contributed by atoms with E-state index in [0.29, 0.717) is 18.3 Å². The van der Waals surface area contributed by atoms with Gasteiger partial charge in [-0.15, -0.1) is 0 Å². The Kier molecular flexibility index (Phi) is 9.26. The number of rotatable bonds is 12. The Morgan fingerprint density at radius 3 is 2.56 bits per heavy atom. The molecule has 5 heterocycles. The lowest BCUT2D eigenvalue weighted by Crippen LogP contribution is -2.51. The van der Waals surface area contributed by atoms with E-state index in [1.54, 1.807) is 0 Å². The van der Waals surface area contributed by atoms with E-state index in [9.17, 15) is 4.79 Å². The molecule has 0 aromatic heterocycles. The second-order valence-electron chi connectivity index (χ2n) is 13.2. The Morgan fingerprint density at radius 2 is 1.82 bits per heavy atom. The number of piperidine rings is 2. The van der Waals surface area contributed by atoms with Gasteiger partial charge in [0.05, 0.1) is 11.3 Å². The topological polar surface area (TPSA) is 42.0 Å². The highest BCUT2D eigenvalue weighted by molar-refractivity contribution is 5.85. The molecule has 0 N–H and O–H groups in total. The zero-order valence-corrected chi connectivity index (χ0v) is 25.2. The maximum atomic E-state index is 13.2. The minimum Gasteiger partial charge on any atom is -0.481 e. The molecular formula is C34H52N2O3. The molecule has 0 saturated carbocycles. The highest BCUT2D eigenvalue weighted by atomic mass is 16.5. The van der Waals surface area contributed by atoms with Crippen LogP contribution in [0.5, 0.6) is 11.5 Å². The molecule has 39 heavy (non-hydrogen) atoms. The molecule has 5 heteroatoms. The van der Waals surface area contributed by atoms with Crippen LogP contribution in [-0.4, -0.2) is 54.1 Å². The van der Waals surface area contributed by atoms with E-state index < -0.39 is 0 Å². The second kappa shape index (κ2) is 12.7. The smallest absolute Gasteiger partial charge is 0.311 e. The predicted octanol–water partition coefficient (Wildman–Crippen LogP) is 7.61. The SMILES string of the molecule is CCCCCC(C)CCc1cc(OC(=O)CCCN2CCCCC2)c2c(c1)OC(C)(C)C1=C2C2CCN1CC2. The first-order valence-electron chi connectivity index (χ1n) is 16.1. The summed E-state index contributed by atoms with van der Waals surface area (Å²) in [6, 6.07) is 4.43. The average molecular weight is 537 g/mol. The minimum absolute atomic E-state index is 0.104. The third kappa shape index (κ3) is 6.66. The first kappa shape index (κ1) is 28.5. The van der Waals surface area contributed by atoms with Crippen molar-refractivity contribution in [2.75, 3.05) is 32.7 Å². The third-order valence-electron chi connectivity index (χ3n) is 9.56. The van der Waals surface area contributed by atoms with E-state index in [2.05, 4.69) is 49.6 Å². The van der Waals surface area contributed by atoms with Gasteiger partial charge in [-0.1, -0.05) is 46.0 Å². The molecule has 216 valence electrons. The lowest BCUT2D eigenvalue weighted by atomic mass is 9.74. The van der Waals surface area contributed by atoms with E-state index in [-0.39, 0.29) is 11.6 Å². The van der Waals surface area contributed by atoms with E-state index in [1.165, 1.54) is 87.7 Å². The number of hydrogen-bond acceptors (Lipinski definition) is 5. The van der Waals surface area contributed by atoms with Gasteiger partial charge in [0, 0.05) is 19.5 Å². The molecule has 1 aromatic carbocycles. The Labute approximate surface area is 237 Å². The van der Waals surface area contributed by atoms with Crippen molar-refractivity contribution in [3.63, 3.8) is 0 Å². The fourth-order valence-corrected chi connectivity index (χ4v) is 7.43. The fraction of sp³-hybridized carbons (Fsp3) is 0.735. The monoisotopic (exact) mass is 536 g/mol. The lowest BCUT2D eigenvalue weighted by molar-refractivity contribution is -0.134. The summed E-state index contributed by atoms with van der Waals surface area (Å²) in [6.45, 7) is 14.6. The summed E-state index contributed by atoms with van der Waals surface area (Å²) in [5, 5.41) is 0. The number of allylic oxidation sites excluding steroid dienone is 1. The maximum Gasteiger partial charge on any atom is 0.311 e. The van der Waals surface area contributed by atoms with Gasteiger partial charge in [0.1, 0.15) is 17.1 Å². The van der Waals surface area contributed by atoms with Gasteiger partial charge >= 0.3 is 5.97 Å². The zero-order valence-electron chi connectivity index (χ0n) is 25.2. The summed E-state index contributed by atoms with van der Waals surface area (Å²) in [5.74, 6) is 2.77. The van der Waals surface area contributed by atoms with Crippen LogP contribution < -0.4 is 9.47 Å². The van der Waals surface area contributed by atoms with E-state index in [4.69, 9.17) is 9.47 Å². The van der Waals surface area contributed by atoms with Crippen molar-refractivity contribution in [1.29, 1.82) is 0 Å². The van der Waals surface area contributed by atoms with Gasteiger partial charge in [0.15, 0.2) is 0 Å². The van der Waals surface area contributed by atoms with Crippen LogP contribution in [0, 0.1) is 11.8 Å². The summed E-state index contributed by atoms with van der Waals surface area (Å²) in [6.07, 6.45) is 14.9. The minimum atomic E-state index is -0.372. The van der Waals surface area contributed by atoms with Crippen LogP contribution in [-0.2, 0) is 11.2 Å². The van der Waals surface area contributed by atoms with Crippen LogP contribution in [0.2, 0.25) is 0 Å². The molecule has 5 aliphatic heterocycles. The van der Waals surface area contributed by atoms with Crippen molar-refractivity contribution in [2.24, 2.45) is 11.8 Å². The van der Waals surface area contributed by atoms with Crippen LogP contribution in [0.25, 0.3) is 5.57 Å². The molecule has 2 saturated heterocycles. The van der Waals surface area contributed by atoms with Crippen LogP contribution in [0.15, 0.2) is 17.8 Å². The molecule has 0 spiro atoms. The third-order valence-corrected chi connectivity index (χ3v) is 9.56. The largest absolute Gasteiger partial charge is 0.481 e. The van der Waals surface area contributed by atoms with Gasteiger partial charge in [0.2, 0.25) is 0 Å². The molecule has 2 bridgehead atoms. The quantitative estimate of drug-likeness (QED) is 0.156. The summed E-state index contributed by atoms with van der Waals surface area (Å²) in [7, 11) is 0. The Hall–Kier alpha value is -2.01. The second-order valence-corrected chi connectivity index (χ2v) is 13.2. The Morgan fingerprint density at radius 1 is 1.05 bits per heavy atom. The van der Waals surface area contributed by atoms with Crippen LogP contribution >= 0.6 is 0 Å². The number of carbonyl (C=O) groups is 1. The summed E-state index contributed by atoms with van der Waals surface area (Å²) in [4.78, 5) is 18.2. The molecule has 0 amide bonds. The number of esters is 1. The Bertz CT molecular complexity index is 1030. The van der Waals surface area contributed by atoms with Crippen LogP contribution in [0.4, 0.5) is 0 Å². The standard InChI is InChI=1S/C34H52N2O3/c1-5-6-8-12-25(2)14-15-26-23-28(38-30(37)13-11-20-35-18-9-7-10-19-35)32-29(24-26)39-34(3,4)33-31(32)27-16-21-36(33)22-17-27/h23-25,27H,5-22H2,1-4H3. The number of carbonyl (C=O) groups excluding carboxylic acids is 1. The first-order chi connectivity index (χ1) is 18.9. The van der Waals surface area contributed by atoms with Crippen LogP contribution in [0.1, 0.15) is 116 Å². The lowest BCUT2D eigenvalue weighted by Gasteiger charge is -2.51. The molecule has 5 nitrogen and oxygen atoms in total. The molecule has 2 fully saturated rings. The number of ether oxygens (including phenoxy) is 2. The number of aryl methyl sites for hydroxylation is 1. The predicted molar refractivity (Wildman–Crippen MR) is 159 cm³/mol. The number of fused-ring (bicyclic) bond motifs is 3. The van der Waals surface area contributed by atoms with Gasteiger partial charge < -0.3 is 19.3 Å². The summed E-state index contributed by atoms with van der Waals surface area (Å²) >= 11 is 0. The van der Waals surface area contributed by atoms with Crippen molar-refractivity contribution in [3.05, 3.63) is 29.0 Å².